The van der Waals surface area contributed by atoms with Gasteiger partial charge in [-0.15, -0.1) is 0 Å². The van der Waals surface area contributed by atoms with E-state index in [0.29, 0.717) is 37.6 Å². The van der Waals surface area contributed by atoms with Crippen LogP contribution in [0.2, 0.25) is 0 Å². The van der Waals surface area contributed by atoms with Crippen molar-refractivity contribution in [2.45, 2.75) is 32.6 Å². The van der Waals surface area contributed by atoms with Crippen LogP contribution >= 0.6 is 0 Å². The Bertz CT molecular complexity index is 604. The molecule has 1 aliphatic rings. The molecule has 0 unspecified atom stereocenters. The monoisotopic (exact) mass is 338 g/mol. The number of ether oxygens (including phenoxy) is 3. The number of methoxy groups -OCH3 is 1. The third-order valence-electron chi connectivity index (χ3n) is 3.63. The summed E-state index contributed by atoms with van der Waals surface area (Å²) < 4.78 is 15.9. The van der Waals surface area contributed by atoms with Crippen LogP contribution in [0.3, 0.4) is 0 Å². The van der Waals surface area contributed by atoms with E-state index < -0.39 is 17.0 Å². The fraction of sp³-hybridized carbons (Fsp3) is 0.562. The Labute approximate surface area is 140 Å². The highest BCUT2D eigenvalue weighted by Gasteiger charge is 2.28. The molecule has 1 heterocycles. The molecule has 1 aliphatic heterocycles. The maximum absolute atomic E-state index is 11.6. The summed E-state index contributed by atoms with van der Waals surface area (Å²) in [6.07, 6.45) is -0.686. The zero-order valence-electron chi connectivity index (χ0n) is 14.1. The summed E-state index contributed by atoms with van der Waals surface area (Å²) in [5.74, 6) is 0.189. The van der Waals surface area contributed by atoms with E-state index in [4.69, 9.17) is 14.2 Å². The molecule has 8 nitrogen and oxygen atoms in total. The second-order valence-electron chi connectivity index (χ2n) is 5.83. The Balaban J connectivity index is 2.18. The van der Waals surface area contributed by atoms with Gasteiger partial charge in [-0.3, -0.25) is 15.0 Å². The Morgan fingerprint density at radius 2 is 2.25 bits per heavy atom. The molecular weight excluding hydrogens is 316 g/mol. The van der Waals surface area contributed by atoms with Crippen molar-refractivity contribution < 1.29 is 23.9 Å². The van der Waals surface area contributed by atoms with Gasteiger partial charge in [-0.25, -0.2) is 4.79 Å². The lowest BCUT2D eigenvalue weighted by Gasteiger charge is -2.31. The molecule has 0 radical (unpaired) electrons. The number of nitro benzene ring substituents is 1. The fourth-order valence-electron chi connectivity index (χ4n) is 2.53. The van der Waals surface area contributed by atoms with Crippen LogP contribution in [0, 0.1) is 10.1 Å². The molecule has 0 bridgehead atoms. The standard InChI is InChI=1S/C16H22N2O6/c1-11(2)24-14-5-4-13(18(20)21)8-12(14)9-17-6-7-23-15(10-17)16(19)22-3/h4-5,8,11,15H,6-7,9-10H2,1-3H3/t15-/m0/s1. The third kappa shape index (κ3) is 4.65. The average molecular weight is 338 g/mol. The summed E-state index contributed by atoms with van der Waals surface area (Å²) >= 11 is 0. The van der Waals surface area contributed by atoms with Gasteiger partial charge in [-0.2, -0.15) is 0 Å². The van der Waals surface area contributed by atoms with Gasteiger partial charge in [-0.1, -0.05) is 0 Å². The predicted octanol–water partition coefficient (Wildman–Crippen LogP) is 1.76. The van der Waals surface area contributed by atoms with Crippen molar-refractivity contribution in [2.24, 2.45) is 0 Å². The van der Waals surface area contributed by atoms with Crippen LogP contribution in [0.15, 0.2) is 18.2 Å². The van der Waals surface area contributed by atoms with Crippen LogP contribution in [0.4, 0.5) is 5.69 Å². The van der Waals surface area contributed by atoms with E-state index in [9.17, 15) is 14.9 Å². The van der Waals surface area contributed by atoms with Crippen molar-refractivity contribution in [1.29, 1.82) is 0 Å². The minimum atomic E-state index is -0.642. The SMILES string of the molecule is COC(=O)[C@@H]1CN(Cc2cc([N+](=O)[O-])ccc2OC(C)C)CCO1. The highest BCUT2D eigenvalue weighted by molar-refractivity contribution is 5.74. The van der Waals surface area contributed by atoms with Crippen LogP contribution in [-0.2, 0) is 20.8 Å². The summed E-state index contributed by atoms with van der Waals surface area (Å²) in [7, 11) is 1.32. The smallest absolute Gasteiger partial charge is 0.336 e. The number of morpholine rings is 1. The van der Waals surface area contributed by atoms with Crippen molar-refractivity contribution in [3.05, 3.63) is 33.9 Å². The first kappa shape index (κ1) is 18.2. The van der Waals surface area contributed by atoms with E-state index in [1.54, 1.807) is 6.07 Å². The Morgan fingerprint density at radius 3 is 2.88 bits per heavy atom. The topological polar surface area (TPSA) is 91.1 Å². The number of rotatable bonds is 6. The van der Waals surface area contributed by atoms with Crippen LogP contribution in [-0.4, -0.2) is 54.8 Å². The average Bonchev–Trinajstić information content (AvgIpc) is 2.55. The lowest BCUT2D eigenvalue weighted by Crippen LogP contribution is -2.46. The van der Waals surface area contributed by atoms with Gasteiger partial charge >= 0.3 is 5.97 Å². The number of non-ortho nitro benzene ring substituents is 1. The van der Waals surface area contributed by atoms with Crippen LogP contribution in [0.25, 0.3) is 0 Å². The van der Waals surface area contributed by atoms with E-state index in [2.05, 4.69) is 0 Å². The van der Waals surface area contributed by atoms with Gasteiger partial charge in [0.05, 0.1) is 24.7 Å². The number of nitrogens with zero attached hydrogens (tertiary/aromatic N) is 2. The van der Waals surface area contributed by atoms with E-state index >= 15 is 0 Å². The molecule has 132 valence electrons. The molecule has 1 atom stereocenters. The molecule has 0 saturated carbocycles. The van der Waals surface area contributed by atoms with Gasteiger partial charge in [0.2, 0.25) is 0 Å². The molecule has 2 rings (SSSR count). The fourth-order valence-corrected chi connectivity index (χ4v) is 2.53. The van der Waals surface area contributed by atoms with E-state index in [1.165, 1.54) is 19.2 Å². The maximum atomic E-state index is 11.6. The molecular formula is C16H22N2O6. The zero-order valence-corrected chi connectivity index (χ0v) is 14.1. The molecule has 0 aromatic heterocycles. The van der Waals surface area contributed by atoms with Crippen LogP contribution in [0.5, 0.6) is 5.75 Å². The quantitative estimate of drug-likeness (QED) is 0.443. The molecule has 1 saturated heterocycles. The second kappa shape index (κ2) is 8.07. The van der Waals surface area contributed by atoms with Crippen molar-refractivity contribution in [1.82, 2.24) is 4.90 Å². The van der Waals surface area contributed by atoms with E-state index in [0.717, 1.165) is 0 Å². The largest absolute Gasteiger partial charge is 0.491 e. The van der Waals surface area contributed by atoms with Gasteiger partial charge in [0, 0.05) is 37.3 Å². The number of hydrogen-bond acceptors (Lipinski definition) is 7. The highest BCUT2D eigenvalue weighted by Crippen LogP contribution is 2.27. The van der Waals surface area contributed by atoms with Gasteiger partial charge in [0.25, 0.3) is 5.69 Å². The lowest BCUT2D eigenvalue weighted by molar-refractivity contribution is -0.385. The van der Waals surface area contributed by atoms with Gasteiger partial charge in [0.15, 0.2) is 6.10 Å². The maximum Gasteiger partial charge on any atom is 0.336 e. The van der Waals surface area contributed by atoms with Gasteiger partial charge < -0.3 is 14.2 Å². The first-order valence-corrected chi connectivity index (χ1v) is 7.76. The molecule has 0 spiro atoms. The van der Waals surface area contributed by atoms with Gasteiger partial charge in [-0.05, 0) is 19.9 Å². The van der Waals surface area contributed by atoms with Crippen molar-refractivity contribution in [3.63, 3.8) is 0 Å². The number of esters is 1. The molecule has 1 aromatic rings. The van der Waals surface area contributed by atoms with Crippen LogP contribution in [0.1, 0.15) is 19.4 Å². The third-order valence-corrected chi connectivity index (χ3v) is 3.63. The second-order valence-corrected chi connectivity index (χ2v) is 5.83. The molecule has 0 amide bonds. The number of benzene rings is 1. The first-order chi connectivity index (χ1) is 11.4. The Morgan fingerprint density at radius 1 is 1.50 bits per heavy atom. The first-order valence-electron chi connectivity index (χ1n) is 7.76. The summed E-state index contributed by atoms with van der Waals surface area (Å²) in [5.41, 5.74) is 0.724. The van der Waals surface area contributed by atoms with Crippen molar-refractivity contribution in [3.8, 4) is 5.75 Å². The number of carbonyl (C=O) groups excluding carboxylic acids is 1. The lowest BCUT2D eigenvalue weighted by atomic mass is 10.1. The summed E-state index contributed by atoms with van der Waals surface area (Å²) in [6.45, 7) is 5.61. The normalized spacial score (nSPS) is 18.4. The molecule has 0 aliphatic carbocycles. The highest BCUT2D eigenvalue weighted by atomic mass is 16.6. The molecule has 8 heteroatoms. The van der Waals surface area contributed by atoms with Crippen molar-refractivity contribution in [2.75, 3.05) is 26.8 Å². The number of hydrogen-bond donors (Lipinski definition) is 0. The molecule has 1 fully saturated rings. The van der Waals surface area contributed by atoms with E-state index in [1.807, 2.05) is 18.7 Å². The van der Waals surface area contributed by atoms with Gasteiger partial charge in [0.1, 0.15) is 5.75 Å². The van der Waals surface area contributed by atoms with Crippen molar-refractivity contribution >= 4 is 11.7 Å². The molecule has 0 N–H and O–H groups in total. The number of nitro groups is 1. The summed E-state index contributed by atoms with van der Waals surface area (Å²) in [4.78, 5) is 24.2. The molecule has 1 aromatic carbocycles. The summed E-state index contributed by atoms with van der Waals surface area (Å²) in [5, 5.41) is 11.0. The van der Waals surface area contributed by atoms with Crippen LogP contribution < -0.4 is 4.74 Å². The van der Waals surface area contributed by atoms with E-state index in [-0.39, 0.29) is 11.8 Å². The minimum absolute atomic E-state index is 0.0129. The number of carbonyl (C=O) groups is 1. The zero-order chi connectivity index (χ0) is 17.7. The Kier molecular flexibility index (Phi) is 6.10. The predicted molar refractivity (Wildman–Crippen MR) is 85.9 cm³/mol. The summed E-state index contributed by atoms with van der Waals surface area (Å²) in [6, 6.07) is 4.56. The molecule has 24 heavy (non-hydrogen) atoms. The Hall–Kier alpha value is -2.19. The minimum Gasteiger partial charge on any atom is -0.491 e.